The number of hydrogen-bond donors (Lipinski definition) is 0. The quantitative estimate of drug-likeness (QED) is 0.679. The molecule has 0 radical (unpaired) electrons. The first-order chi connectivity index (χ1) is 7.00. The molecule has 0 atom stereocenters. The van der Waals surface area contributed by atoms with Gasteiger partial charge < -0.3 is 4.90 Å². The Morgan fingerprint density at radius 3 is 2.67 bits per heavy atom. The molecule has 86 valence electrons. The van der Waals surface area contributed by atoms with Crippen molar-refractivity contribution in [2.24, 2.45) is 5.92 Å². The van der Waals surface area contributed by atoms with Gasteiger partial charge in [-0.2, -0.15) is 0 Å². The first kappa shape index (κ1) is 12.2. The molecule has 1 rings (SSSR count). The van der Waals surface area contributed by atoms with E-state index in [0.717, 1.165) is 19.5 Å². The fraction of sp³-hybridized carbons (Fsp3) is 0.818. The summed E-state index contributed by atoms with van der Waals surface area (Å²) >= 11 is 0. The Labute approximate surface area is 91.2 Å². The normalized spacial score (nSPS) is 19.5. The SMILES string of the molecule is CC(C)C(=O)CN1CCCN(C)C(=O)C1. The largest absolute Gasteiger partial charge is 0.345 e. The molecule has 15 heavy (non-hydrogen) atoms. The number of nitrogens with zero attached hydrogens (tertiary/aromatic N) is 2. The van der Waals surface area contributed by atoms with Crippen molar-refractivity contribution in [3.63, 3.8) is 0 Å². The molecule has 0 aromatic carbocycles. The van der Waals surface area contributed by atoms with Gasteiger partial charge in [-0.3, -0.25) is 14.5 Å². The van der Waals surface area contributed by atoms with Crippen LogP contribution < -0.4 is 0 Å². The Hall–Kier alpha value is -0.900. The van der Waals surface area contributed by atoms with Crippen LogP contribution in [0.25, 0.3) is 0 Å². The van der Waals surface area contributed by atoms with Gasteiger partial charge in [0.2, 0.25) is 5.91 Å². The monoisotopic (exact) mass is 212 g/mol. The molecule has 0 aliphatic carbocycles. The standard InChI is InChI=1S/C11H20N2O2/c1-9(2)10(14)7-13-6-4-5-12(3)11(15)8-13/h9H,4-8H2,1-3H3. The second kappa shape index (κ2) is 5.26. The summed E-state index contributed by atoms with van der Waals surface area (Å²) in [4.78, 5) is 26.8. The fourth-order valence-corrected chi connectivity index (χ4v) is 1.59. The fourth-order valence-electron chi connectivity index (χ4n) is 1.59. The highest BCUT2D eigenvalue weighted by Crippen LogP contribution is 2.04. The van der Waals surface area contributed by atoms with Gasteiger partial charge in [-0.05, 0) is 6.42 Å². The number of Topliss-reactive ketones (excluding diaryl/α,β-unsaturated/α-hetero) is 1. The van der Waals surface area contributed by atoms with Crippen LogP contribution in [0.2, 0.25) is 0 Å². The van der Waals surface area contributed by atoms with E-state index >= 15 is 0 Å². The summed E-state index contributed by atoms with van der Waals surface area (Å²) < 4.78 is 0. The van der Waals surface area contributed by atoms with Crippen molar-refractivity contribution in [3.05, 3.63) is 0 Å². The summed E-state index contributed by atoms with van der Waals surface area (Å²) in [5, 5.41) is 0. The predicted molar refractivity (Wildman–Crippen MR) is 58.5 cm³/mol. The lowest BCUT2D eigenvalue weighted by molar-refractivity contribution is -0.130. The second-order valence-electron chi connectivity index (χ2n) is 4.50. The summed E-state index contributed by atoms with van der Waals surface area (Å²) in [6, 6.07) is 0. The van der Waals surface area contributed by atoms with Gasteiger partial charge in [-0.25, -0.2) is 0 Å². The van der Waals surface area contributed by atoms with E-state index in [9.17, 15) is 9.59 Å². The molecular weight excluding hydrogens is 192 g/mol. The molecule has 1 saturated heterocycles. The van der Waals surface area contributed by atoms with Gasteiger partial charge in [0.05, 0.1) is 13.1 Å². The number of likely N-dealkylation sites (N-methyl/N-ethyl adjacent to an activating group) is 1. The van der Waals surface area contributed by atoms with E-state index in [1.165, 1.54) is 0 Å². The first-order valence-electron chi connectivity index (χ1n) is 5.49. The van der Waals surface area contributed by atoms with Crippen molar-refractivity contribution < 1.29 is 9.59 Å². The molecule has 0 N–H and O–H groups in total. The summed E-state index contributed by atoms with van der Waals surface area (Å²) in [7, 11) is 1.82. The molecular formula is C11H20N2O2. The van der Waals surface area contributed by atoms with Crippen LogP contribution in [0.1, 0.15) is 20.3 Å². The summed E-state index contributed by atoms with van der Waals surface area (Å²) in [5.41, 5.74) is 0. The minimum Gasteiger partial charge on any atom is -0.345 e. The van der Waals surface area contributed by atoms with Crippen LogP contribution in [-0.2, 0) is 9.59 Å². The number of hydrogen-bond acceptors (Lipinski definition) is 3. The van der Waals surface area contributed by atoms with Crippen molar-refractivity contribution in [1.82, 2.24) is 9.80 Å². The van der Waals surface area contributed by atoms with Gasteiger partial charge >= 0.3 is 0 Å². The van der Waals surface area contributed by atoms with Gasteiger partial charge in [0.15, 0.2) is 0 Å². The maximum Gasteiger partial charge on any atom is 0.236 e. The molecule has 0 bridgehead atoms. The summed E-state index contributed by atoms with van der Waals surface area (Å²) in [5.74, 6) is 0.387. The van der Waals surface area contributed by atoms with Crippen molar-refractivity contribution in [1.29, 1.82) is 0 Å². The number of carbonyl (C=O) groups excluding carboxylic acids is 2. The Morgan fingerprint density at radius 1 is 1.40 bits per heavy atom. The highest BCUT2D eigenvalue weighted by atomic mass is 16.2. The molecule has 4 heteroatoms. The third-order valence-electron chi connectivity index (χ3n) is 2.78. The average Bonchev–Trinajstić information content (AvgIpc) is 2.29. The van der Waals surface area contributed by atoms with Crippen LogP contribution in [0.4, 0.5) is 0 Å². The van der Waals surface area contributed by atoms with Gasteiger partial charge in [0.1, 0.15) is 5.78 Å². The first-order valence-corrected chi connectivity index (χ1v) is 5.49. The maximum absolute atomic E-state index is 11.5. The van der Waals surface area contributed by atoms with E-state index in [4.69, 9.17) is 0 Å². The van der Waals surface area contributed by atoms with Crippen molar-refractivity contribution >= 4 is 11.7 Å². The van der Waals surface area contributed by atoms with E-state index in [2.05, 4.69) is 0 Å². The van der Waals surface area contributed by atoms with Gasteiger partial charge in [-0.15, -0.1) is 0 Å². The number of amides is 1. The van der Waals surface area contributed by atoms with E-state index in [1.54, 1.807) is 4.90 Å². The summed E-state index contributed by atoms with van der Waals surface area (Å²) in [6.45, 7) is 6.23. The lowest BCUT2D eigenvalue weighted by Gasteiger charge is -2.19. The topological polar surface area (TPSA) is 40.6 Å². The number of carbonyl (C=O) groups is 2. The van der Waals surface area contributed by atoms with E-state index < -0.39 is 0 Å². The van der Waals surface area contributed by atoms with Gasteiger partial charge in [-0.1, -0.05) is 13.8 Å². The third kappa shape index (κ3) is 3.63. The highest BCUT2D eigenvalue weighted by molar-refractivity contribution is 5.83. The Kier molecular flexibility index (Phi) is 4.27. The maximum atomic E-state index is 11.5. The minimum atomic E-state index is 0.0566. The molecule has 4 nitrogen and oxygen atoms in total. The van der Waals surface area contributed by atoms with Crippen molar-refractivity contribution in [3.8, 4) is 0 Å². The molecule has 0 aromatic rings. The Bertz CT molecular complexity index is 251. The minimum absolute atomic E-state index is 0.0566. The van der Waals surface area contributed by atoms with Crippen LogP contribution in [-0.4, -0.2) is 54.7 Å². The molecule has 0 saturated carbocycles. The van der Waals surface area contributed by atoms with E-state index in [-0.39, 0.29) is 17.6 Å². The van der Waals surface area contributed by atoms with Crippen LogP contribution >= 0.6 is 0 Å². The zero-order valence-electron chi connectivity index (χ0n) is 9.82. The Morgan fingerprint density at radius 2 is 2.07 bits per heavy atom. The average molecular weight is 212 g/mol. The van der Waals surface area contributed by atoms with E-state index in [1.807, 2.05) is 25.8 Å². The number of ketones is 1. The Balaban J connectivity index is 2.49. The smallest absolute Gasteiger partial charge is 0.236 e. The molecule has 0 aromatic heterocycles. The molecule has 0 unspecified atom stereocenters. The zero-order valence-corrected chi connectivity index (χ0v) is 9.82. The lowest BCUT2D eigenvalue weighted by Crippen LogP contribution is -2.38. The molecule has 1 aliphatic heterocycles. The molecule has 1 fully saturated rings. The highest BCUT2D eigenvalue weighted by Gasteiger charge is 2.21. The van der Waals surface area contributed by atoms with Gasteiger partial charge in [0, 0.05) is 26.1 Å². The number of rotatable bonds is 3. The third-order valence-corrected chi connectivity index (χ3v) is 2.78. The van der Waals surface area contributed by atoms with Crippen molar-refractivity contribution in [2.75, 3.05) is 33.2 Å². The van der Waals surface area contributed by atoms with E-state index in [0.29, 0.717) is 13.1 Å². The predicted octanol–water partition coefficient (Wildman–Crippen LogP) is 0.376. The molecule has 1 amide bonds. The lowest BCUT2D eigenvalue weighted by atomic mass is 10.1. The molecule has 1 aliphatic rings. The van der Waals surface area contributed by atoms with Crippen LogP contribution in [0.15, 0.2) is 0 Å². The van der Waals surface area contributed by atoms with Gasteiger partial charge in [0.25, 0.3) is 0 Å². The molecule has 0 spiro atoms. The summed E-state index contributed by atoms with van der Waals surface area (Å²) in [6.07, 6.45) is 0.952. The zero-order chi connectivity index (χ0) is 11.4. The van der Waals surface area contributed by atoms with Crippen LogP contribution in [0, 0.1) is 5.92 Å². The van der Waals surface area contributed by atoms with Crippen molar-refractivity contribution in [2.45, 2.75) is 20.3 Å². The van der Waals surface area contributed by atoms with Crippen LogP contribution in [0.5, 0.6) is 0 Å². The van der Waals surface area contributed by atoms with Crippen LogP contribution in [0.3, 0.4) is 0 Å². The molecule has 1 heterocycles. The second-order valence-corrected chi connectivity index (χ2v) is 4.50.